The summed E-state index contributed by atoms with van der Waals surface area (Å²) in [6.07, 6.45) is 2.70. The molecular weight excluding hydrogens is 244 g/mol. The van der Waals surface area contributed by atoms with Gasteiger partial charge in [-0.3, -0.25) is 4.79 Å². The molecule has 0 saturated heterocycles. The molecule has 104 valence electrons. The van der Waals surface area contributed by atoms with Gasteiger partial charge in [-0.2, -0.15) is 0 Å². The Labute approximate surface area is 121 Å². The SMILES string of the molecule is CCCc1ccc(C(=O)Cc2cc(C)ccc2C)cc1. The first kappa shape index (κ1) is 14.5. The van der Waals surface area contributed by atoms with Crippen LogP contribution < -0.4 is 0 Å². The molecule has 2 aromatic carbocycles. The van der Waals surface area contributed by atoms with Crippen molar-refractivity contribution < 1.29 is 4.79 Å². The topological polar surface area (TPSA) is 17.1 Å². The molecule has 0 aliphatic carbocycles. The van der Waals surface area contributed by atoms with Crippen molar-refractivity contribution in [3.05, 3.63) is 70.3 Å². The van der Waals surface area contributed by atoms with E-state index in [1.54, 1.807) is 0 Å². The number of carbonyl (C=O) groups is 1. The highest BCUT2D eigenvalue weighted by atomic mass is 16.1. The third-order valence-electron chi connectivity index (χ3n) is 3.67. The molecule has 0 N–H and O–H groups in total. The van der Waals surface area contributed by atoms with Gasteiger partial charge in [0.1, 0.15) is 0 Å². The highest BCUT2D eigenvalue weighted by Crippen LogP contribution is 2.15. The van der Waals surface area contributed by atoms with E-state index in [9.17, 15) is 4.79 Å². The van der Waals surface area contributed by atoms with E-state index in [0.717, 1.165) is 24.0 Å². The minimum absolute atomic E-state index is 0.196. The van der Waals surface area contributed by atoms with Crippen LogP contribution in [0.4, 0.5) is 0 Å². The molecule has 2 aromatic rings. The van der Waals surface area contributed by atoms with Crippen molar-refractivity contribution in [1.29, 1.82) is 0 Å². The molecule has 0 aliphatic heterocycles. The van der Waals surface area contributed by atoms with E-state index in [-0.39, 0.29) is 5.78 Å². The lowest BCUT2D eigenvalue weighted by atomic mass is 9.97. The molecule has 0 bridgehead atoms. The Morgan fingerprint density at radius 1 is 1.00 bits per heavy atom. The molecule has 0 unspecified atom stereocenters. The van der Waals surface area contributed by atoms with Gasteiger partial charge in [0.15, 0.2) is 5.78 Å². The molecule has 0 radical (unpaired) electrons. The number of hydrogen-bond donors (Lipinski definition) is 0. The Kier molecular flexibility index (Phi) is 4.73. The molecule has 0 spiro atoms. The van der Waals surface area contributed by atoms with Crippen molar-refractivity contribution in [2.24, 2.45) is 0 Å². The van der Waals surface area contributed by atoms with Gasteiger partial charge in [-0.25, -0.2) is 0 Å². The van der Waals surface area contributed by atoms with Crippen LogP contribution in [0.25, 0.3) is 0 Å². The van der Waals surface area contributed by atoms with Crippen LogP contribution in [-0.2, 0) is 12.8 Å². The van der Waals surface area contributed by atoms with Crippen LogP contribution in [0, 0.1) is 13.8 Å². The van der Waals surface area contributed by atoms with Gasteiger partial charge in [-0.05, 0) is 37.0 Å². The Hall–Kier alpha value is -1.89. The Bertz CT molecular complexity index is 594. The van der Waals surface area contributed by atoms with E-state index < -0.39 is 0 Å². The lowest BCUT2D eigenvalue weighted by molar-refractivity contribution is 0.0993. The van der Waals surface area contributed by atoms with Gasteiger partial charge in [0.25, 0.3) is 0 Å². The van der Waals surface area contributed by atoms with Crippen LogP contribution in [0.2, 0.25) is 0 Å². The largest absolute Gasteiger partial charge is 0.294 e. The third-order valence-corrected chi connectivity index (χ3v) is 3.67. The zero-order valence-electron chi connectivity index (χ0n) is 12.6. The maximum atomic E-state index is 12.3. The van der Waals surface area contributed by atoms with Crippen molar-refractivity contribution in [2.45, 2.75) is 40.0 Å². The molecule has 0 amide bonds. The second-order valence-electron chi connectivity index (χ2n) is 5.48. The Morgan fingerprint density at radius 2 is 1.70 bits per heavy atom. The van der Waals surface area contributed by atoms with Crippen molar-refractivity contribution in [2.75, 3.05) is 0 Å². The molecule has 0 saturated carbocycles. The van der Waals surface area contributed by atoms with Crippen molar-refractivity contribution in [1.82, 2.24) is 0 Å². The second-order valence-corrected chi connectivity index (χ2v) is 5.48. The fourth-order valence-electron chi connectivity index (χ4n) is 2.41. The molecule has 0 atom stereocenters. The van der Waals surface area contributed by atoms with Crippen molar-refractivity contribution >= 4 is 5.78 Å². The van der Waals surface area contributed by atoms with Gasteiger partial charge in [-0.1, -0.05) is 61.4 Å². The fourth-order valence-corrected chi connectivity index (χ4v) is 2.41. The van der Waals surface area contributed by atoms with Gasteiger partial charge in [0, 0.05) is 12.0 Å². The lowest BCUT2D eigenvalue weighted by Crippen LogP contribution is -2.05. The molecule has 0 aliphatic rings. The predicted octanol–water partition coefficient (Wildman–Crippen LogP) is 4.68. The highest BCUT2D eigenvalue weighted by Gasteiger charge is 2.09. The third kappa shape index (κ3) is 3.57. The summed E-state index contributed by atoms with van der Waals surface area (Å²) in [5, 5.41) is 0. The quantitative estimate of drug-likeness (QED) is 0.718. The lowest BCUT2D eigenvalue weighted by Gasteiger charge is -2.07. The first-order chi connectivity index (χ1) is 9.60. The van der Waals surface area contributed by atoms with Crippen molar-refractivity contribution in [3.8, 4) is 0 Å². The van der Waals surface area contributed by atoms with Crippen LogP contribution in [0.15, 0.2) is 42.5 Å². The molecule has 0 fully saturated rings. The summed E-state index contributed by atoms with van der Waals surface area (Å²) < 4.78 is 0. The Morgan fingerprint density at radius 3 is 2.35 bits per heavy atom. The monoisotopic (exact) mass is 266 g/mol. The normalized spacial score (nSPS) is 10.6. The molecule has 1 heteroatoms. The number of hydrogen-bond acceptors (Lipinski definition) is 1. The summed E-state index contributed by atoms with van der Waals surface area (Å²) in [4.78, 5) is 12.3. The van der Waals surface area contributed by atoms with E-state index >= 15 is 0 Å². The zero-order chi connectivity index (χ0) is 14.5. The summed E-state index contributed by atoms with van der Waals surface area (Å²) in [7, 11) is 0. The minimum atomic E-state index is 0.196. The van der Waals surface area contributed by atoms with E-state index in [1.165, 1.54) is 16.7 Å². The van der Waals surface area contributed by atoms with E-state index in [2.05, 4.69) is 51.1 Å². The van der Waals surface area contributed by atoms with Gasteiger partial charge in [0.2, 0.25) is 0 Å². The summed E-state index contributed by atoms with van der Waals surface area (Å²) in [5.74, 6) is 0.196. The first-order valence-electron chi connectivity index (χ1n) is 7.28. The number of rotatable bonds is 5. The average molecular weight is 266 g/mol. The fraction of sp³-hybridized carbons (Fsp3) is 0.316. The summed E-state index contributed by atoms with van der Waals surface area (Å²) in [5.41, 5.74) is 5.64. The van der Waals surface area contributed by atoms with Crippen LogP contribution in [0.3, 0.4) is 0 Å². The second kappa shape index (κ2) is 6.51. The van der Waals surface area contributed by atoms with E-state index in [4.69, 9.17) is 0 Å². The number of benzene rings is 2. The van der Waals surface area contributed by atoms with Gasteiger partial charge in [0.05, 0.1) is 0 Å². The summed E-state index contributed by atoms with van der Waals surface area (Å²) in [6.45, 7) is 6.29. The summed E-state index contributed by atoms with van der Waals surface area (Å²) in [6, 6.07) is 14.3. The van der Waals surface area contributed by atoms with Gasteiger partial charge in [-0.15, -0.1) is 0 Å². The maximum absolute atomic E-state index is 12.3. The molecule has 2 rings (SSSR count). The highest BCUT2D eigenvalue weighted by molar-refractivity contribution is 5.97. The molecule has 0 heterocycles. The van der Waals surface area contributed by atoms with Gasteiger partial charge < -0.3 is 0 Å². The smallest absolute Gasteiger partial charge is 0.167 e. The molecular formula is C19H22O. The first-order valence-corrected chi connectivity index (χ1v) is 7.28. The van der Waals surface area contributed by atoms with E-state index in [0.29, 0.717) is 6.42 Å². The molecule has 0 aromatic heterocycles. The predicted molar refractivity (Wildman–Crippen MR) is 84.4 cm³/mol. The van der Waals surface area contributed by atoms with Crippen LogP contribution in [-0.4, -0.2) is 5.78 Å². The maximum Gasteiger partial charge on any atom is 0.167 e. The minimum Gasteiger partial charge on any atom is -0.294 e. The van der Waals surface area contributed by atoms with Crippen LogP contribution in [0.5, 0.6) is 0 Å². The average Bonchev–Trinajstić information content (AvgIpc) is 2.44. The Balaban J connectivity index is 2.13. The number of ketones is 1. The molecule has 20 heavy (non-hydrogen) atoms. The van der Waals surface area contributed by atoms with Gasteiger partial charge >= 0.3 is 0 Å². The molecule has 1 nitrogen and oxygen atoms in total. The number of Topliss-reactive ketones (excluding diaryl/α,β-unsaturated/α-hetero) is 1. The van der Waals surface area contributed by atoms with Crippen LogP contribution >= 0.6 is 0 Å². The standard InChI is InChI=1S/C19H22O/c1-4-5-16-8-10-17(11-9-16)19(20)13-18-12-14(2)6-7-15(18)3/h6-12H,4-5,13H2,1-3H3. The van der Waals surface area contributed by atoms with E-state index in [1.807, 2.05) is 12.1 Å². The zero-order valence-corrected chi connectivity index (χ0v) is 12.6. The number of carbonyl (C=O) groups excluding carboxylic acids is 1. The number of aryl methyl sites for hydroxylation is 3. The van der Waals surface area contributed by atoms with Crippen LogP contribution in [0.1, 0.15) is 46.0 Å². The summed E-state index contributed by atoms with van der Waals surface area (Å²) >= 11 is 0. The van der Waals surface area contributed by atoms with Crippen molar-refractivity contribution in [3.63, 3.8) is 0 Å².